The molecule has 1 aliphatic carbocycles. The van der Waals surface area contributed by atoms with Crippen molar-refractivity contribution in [1.29, 1.82) is 0 Å². The monoisotopic (exact) mass is 298 g/mol. The molecule has 0 atom stereocenters. The predicted molar refractivity (Wildman–Crippen MR) is 81.4 cm³/mol. The van der Waals surface area contributed by atoms with Crippen LogP contribution in [0, 0.1) is 0 Å². The zero-order valence-corrected chi connectivity index (χ0v) is 13.0. The van der Waals surface area contributed by atoms with Gasteiger partial charge in [-0.1, -0.05) is 11.3 Å². The van der Waals surface area contributed by atoms with E-state index in [0.717, 1.165) is 30.9 Å². The summed E-state index contributed by atoms with van der Waals surface area (Å²) in [6.45, 7) is 3.37. The number of hydrogen-bond donors (Lipinski definition) is 2. The Morgan fingerprint density at radius 1 is 1.60 bits per heavy atom. The highest BCUT2D eigenvalue weighted by Crippen LogP contribution is 2.34. The summed E-state index contributed by atoms with van der Waals surface area (Å²) in [5.41, 5.74) is 5.65. The summed E-state index contributed by atoms with van der Waals surface area (Å²) < 4.78 is 5.48. The first-order valence-electron chi connectivity index (χ1n) is 6.82. The molecule has 0 saturated heterocycles. The summed E-state index contributed by atoms with van der Waals surface area (Å²) in [5.74, 6) is 0.127. The van der Waals surface area contributed by atoms with E-state index in [9.17, 15) is 4.79 Å². The van der Waals surface area contributed by atoms with E-state index in [-0.39, 0.29) is 11.5 Å². The minimum atomic E-state index is -0.182. The van der Waals surface area contributed by atoms with Crippen LogP contribution in [0.15, 0.2) is 0 Å². The summed E-state index contributed by atoms with van der Waals surface area (Å²) in [4.78, 5) is 18.9. The molecule has 1 aromatic heterocycles. The van der Waals surface area contributed by atoms with Gasteiger partial charge in [-0.15, -0.1) is 0 Å². The van der Waals surface area contributed by atoms with Gasteiger partial charge in [-0.25, -0.2) is 4.98 Å². The minimum absolute atomic E-state index is 0.168. The number of aromatic nitrogens is 1. The Labute approximate surface area is 123 Å². The van der Waals surface area contributed by atoms with Crippen molar-refractivity contribution in [2.75, 3.05) is 37.9 Å². The van der Waals surface area contributed by atoms with Crippen LogP contribution in [0.2, 0.25) is 0 Å². The van der Waals surface area contributed by atoms with E-state index in [0.29, 0.717) is 17.2 Å². The molecule has 0 bridgehead atoms. The van der Waals surface area contributed by atoms with E-state index < -0.39 is 0 Å². The quantitative estimate of drug-likeness (QED) is 0.831. The maximum Gasteiger partial charge on any atom is 0.265 e. The lowest BCUT2D eigenvalue weighted by Crippen LogP contribution is -2.49. The van der Waals surface area contributed by atoms with Gasteiger partial charge in [-0.05, 0) is 26.2 Å². The number of carbonyl (C=O) groups is 1. The summed E-state index contributed by atoms with van der Waals surface area (Å²) in [5, 5.41) is 3.68. The molecule has 1 amide bonds. The molecule has 1 aromatic rings. The summed E-state index contributed by atoms with van der Waals surface area (Å²) in [6.07, 6.45) is 3.13. The van der Waals surface area contributed by atoms with Crippen LogP contribution in [0.4, 0.5) is 10.9 Å². The number of rotatable bonds is 6. The third kappa shape index (κ3) is 2.88. The lowest BCUT2D eigenvalue weighted by Gasteiger charge is -2.40. The first-order chi connectivity index (χ1) is 9.51. The number of carbonyl (C=O) groups excluding carboxylic acids is 1. The van der Waals surface area contributed by atoms with Crippen LogP contribution in [-0.2, 0) is 4.74 Å². The van der Waals surface area contributed by atoms with Crippen molar-refractivity contribution in [3.63, 3.8) is 0 Å². The molecule has 0 radical (unpaired) electrons. The summed E-state index contributed by atoms with van der Waals surface area (Å²) in [6, 6.07) is 0. The lowest BCUT2D eigenvalue weighted by molar-refractivity contribution is -0.0679. The second-order valence-electron chi connectivity index (χ2n) is 5.15. The van der Waals surface area contributed by atoms with E-state index in [4.69, 9.17) is 10.5 Å². The molecule has 1 aliphatic rings. The number of anilines is 2. The van der Waals surface area contributed by atoms with Crippen molar-refractivity contribution in [1.82, 2.24) is 10.3 Å². The fraction of sp³-hybridized carbons (Fsp3) is 0.692. The van der Waals surface area contributed by atoms with Gasteiger partial charge in [0.25, 0.3) is 5.91 Å². The van der Waals surface area contributed by atoms with Crippen molar-refractivity contribution in [3.05, 3.63) is 4.88 Å². The molecule has 20 heavy (non-hydrogen) atoms. The SMILES string of the molecule is CCN(C)c1nc(N)c(C(=O)NCC2(OC)CCC2)s1. The second-order valence-corrected chi connectivity index (χ2v) is 6.13. The number of ether oxygens (including phenoxy) is 1. The Morgan fingerprint density at radius 2 is 2.30 bits per heavy atom. The Bertz CT molecular complexity index is 479. The van der Waals surface area contributed by atoms with E-state index in [1.807, 2.05) is 18.9 Å². The molecule has 1 saturated carbocycles. The van der Waals surface area contributed by atoms with Gasteiger partial charge in [0.1, 0.15) is 10.7 Å². The first kappa shape index (κ1) is 15.1. The first-order valence-corrected chi connectivity index (χ1v) is 7.64. The van der Waals surface area contributed by atoms with Crippen LogP contribution in [-0.4, -0.2) is 43.7 Å². The molecule has 0 aliphatic heterocycles. The van der Waals surface area contributed by atoms with Crippen molar-refractivity contribution in [3.8, 4) is 0 Å². The number of nitrogens with zero attached hydrogens (tertiary/aromatic N) is 2. The van der Waals surface area contributed by atoms with E-state index in [2.05, 4.69) is 10.3 Å². The van der Waals surface area contributed by atoms with Crippen LogP contribution in [0.5, 0.6) is 0 Å². The van der Waals surface area contributed by atoms with Gasteiger partial charge in [-0.2, -0.15) is 0 Å². The molecule has 3 N–H and O–H groups in total. The molecular formula is C13H22N4O2S. The number of amides is 1. The summed E-state index contributed by atoms with van der Waals surface area (Å²) in [7, 11) is 3.62. The molecule has 1 fully saturated rings. The van der Waals surface area contributed by atoms with Crippen molar-refractivity contribution < 1.29 is 9.53 Å². The highest BCUT2D eigenvalue weighted by atomic mass is 32.1. The molecule has 7 heteroatoms. The number of methoxy groups -OCH3 is 1. The van der Waals surface area contributed by atoms with E-state index >= 15 is 0 Å². The molecular weight excluding hydrogens is 276 g/mol. The largest absolute Gasteiger partial charge is 0.382 e. The van der Waals surface area contributed by atoms with Gasteiger partial charge in [-0.3, -0.25) is 4.79 Å². The molecule has 6 nitrogen and oxygen atoms in total. The second kappa shape index (κ2) is 5.97. The molecule has 0 unspecified atom stereocenters. The summed E-state index contributed by atoms with van der Waals surface area (Å²) >= 11 is 1.32. The van der Waals surface area contributed by atoms with Gasteiger partial charge in [0, 0.05) is 27.2 Å². The average Bonchev–Trinajstić information content (AvgIpc) is 2.79. The zero-order chi connectivity index (χ0) is 14.8. The van der Waals surface area contributed by atoms with Gasteiger partial charge in [0.05, 0.1) is 5.60 Å². The van der Waals surface area contributed by atoms with Crippen LogP contribution in [0.1, 0.15) is 35.9 Å². The van der Waals surface area contributed by atoms with Crippen LogP contribution in [0.25, 0.3) is 0 Å². The molecule has 1 heterocycles. The Kier molecular flexibility index (Phi) is 4.49. The maximum atomic E-state index is 12.2. The number of nitrogens with one attached hydrogen (secondary N) is 1. The normalized spacial score (nSPS) is 16.6. The fourth-order valence-electron chi connectivity index (χ4n) is 2.13. The standard InChI is InChI=1S/C13H22N4O2S/c1-4-17(2)12-16-10(14)9(20-12)11(18)15-8-13(19-3)6-5-7-13/h4-8,14H2,1-3H3,(H,15,18). The topological polar surface area (TPSA) is 80.5 Å². The molecule has 0 aromatic carbocycles. The van der Waals surface area contributed by atoms with E-state index in [1.54, 1.807) is 7.11 Å². The Hall–Kier alpha value is -1.34. The van der Waals surface area contributed by atoms with Gasteiger partial charge >= 0.3 is 0 Å². The fourth-order valence-corrected chi connectivity index (χ4v) is 3.05. The zero-order valence-electron chi connectivity index (χ0n) is 12.2. The number of nitrogens with two attached hydrogens (primary N) is 1. The van der Waals surface area contributed by atoms with Gasteiger partial charge in [0.2, 0.25) is 0 Å². The Morgan fingerprint density at radius 3 is 2.80 bits per heavy atom. The van der Waals surface area contributed by atoms with Gasteiger partial charge < -0.3 is 20.7 Å². The highest BCUT2D eigenvalue weighted by molar-refractivity contribution is 7.18. The third-order valence-electron chi connectivity index (χ3n) is 3.92. The molecule has 2 rings (SSSR count). The Balaban J connectivity index is 2.00. The number of hydrogen-bond acceptors (Lipinski definition) is 6. The maximum absolute atomic E-state index is 12.2. The van der Waals surface area contributed by atoms with Crippen LogP contribution in [0.3, 0.4) is 0 Å². The van der Waals surface area contributed by atoms with Crippen LogP contribution >= 0.6 is 11.3 Å². The average molecular weight is 298 g/mol. The van der Waals surface area contributed by atoms with Crippen molar-refractivity contribution >= 4 is 28.2 Å². The predicted octanol–water partition coefficient (Wildman–Crippen LogP) is 1.48. The third-order valence-corrected chi connectivity index (χ3v) is 5.10. The molecule has 112 valence electrons. The smallest absolute Gasteiger partial charge is 0.265 e. The highest BCUT2D eigenvalue weighted by Gasteiger charge is 2.37. The minimum Gasteiger partial charge on any atom is -0.382 e. The lowest BCUT2D eigenvalue weighted by atomic mass is 9.80. The number of nitrogen functional groups attached to an aromatic ring is 1. The van der Waals surface area contributed by atoms with Crippen LogP contribution < -0.4 is 16.0 Å². The van der Waals surface area contributed by atoms with Gasteiger partial charge in [0.15, 0.2) is 5.13 Å². The van der Waals surface area contributed by atoms with E-state index in [1.165, 1.54) is 11.3 Å². The van der Waals surface area contributed by atoms with Crippen molar-refractivity contribution in [2.24, 2.45) is 0 Å². The number of thiazole rings is 1. The van der Waals surface area contributed by atoms with Crippen molar-refractivity contribution in [2.45, 2.75) is 31.8 Å². The molecule has 0 spiro atoms.